The maximum atomic E-state index is 12.5. The molecule has 0 radical (unpaired) electrons. The standard InChI is InChI=1S/C19H26N6O2.HI/c1-20-19(21-13-15-14-25-7-3-2-6-17(25)22-15)24-10-8-23(9-11-24)18(26)16-5-4-12-27-16;/h2-3,6-7,14,16H,4-5,8-13H2,1H3,(H,20,21);1H. The zero-order chi connectivity index (χ0) is 18.6. The van der Waals surface area contributed by atoms with Gasteiger partial charge in [-0.05, 0) is 25.0 Å². The normalized spacial score (nSPS) is 20.3. The highest BCUT2D eigenvalue weighted by Crippen LogP contribution is 2.16. The number of aliphatic imine (C=N–C) groups is 1. The van der Waals surface area contributed by atoms with Gasteiger partial charge in [0.05, 0.1) is 12.2 Å². The van der Waals surface area contributed by atoms with E-state index in [4.69, 9.17) is 4.74 Å². The van der Waals surface area contributed by atoms with Crippen LogP contribution in [-0.2, 0) is 16.1 Å². The lowest BCUT2D eigenvalue weighted by Gasteiger charge is -2.37. The van der Waals surface area contributed by atoms with E-state index in [-0.39, 0.29) is 36.0 Å². The van der Waals surface area contributed by atoms with Gasteiger partial charge in [0.1, 0.15) is 11.8 Å². The monoisotopic (exact) mass is 498 g/mol. The summed E-state index contributed by atoms with van der Waals surface area (Å²) in [6.07, 6.45) is 5.61. The number of carbonyl (C=O) groups excluding carboxylic acids is 1. The van der Waals surface area contributed by atoms with Gasteiger partial charge in [0, 0.05) is 52.2 Å². The van der Waals surface area contributed by atoms with Crippen molar-refractivity contribution < 1.29 is 9.53 Å². The van der Waals surface area contributed by atoms with Crippen LogP contribution in [0.15, 0.2) is 35.6 Å². The first-order valence-corrected chi connectivity index (χ1v) is 9.53. The molecule has 1 atom stereocenters. The molecule has 1 amide bonds. The molecule has 0 spiro atoms. The van der Waals surface area contributed by atoms with Gasteiger partial charge >= 0.3 is 0 Å². The van der Waals surface area contributed by atoms with Crippen molar-refractivity contribution in [3.05, 3.63) is 36.3 Å². The van der Waals surface area contributed by atoms with Crippen molar-refractivity contribution >= 4 is 41.5 Å². The number of aromatic nitrogens is 2. The third-order valence-electron chi connectivity index (χ3n) is 5.15. The maximum absolute atomic E-state index is 12.5. The molecule has 152 valence electrons. The summed E-state index contributed by atoms with van der Waals surface area (Å²) in [4.78, 5) is 25.6. The van der Waals surface area contributed by atoms with Crippen LogP contribution >= 0.6 is 24.0 Å². The highest BCUT2D eigenvalue weighted by Gasteiger charge is 2.30. The van der Waals surface area contributed by atoms with E-state index in [0.29, 0.717) is 26.2 Å². The Hall–Kier alpha value is -1.88. The molecular weight excluding hydrogens is 471 g/mol. The Labute approximate surface area is 182 Å². The van der Waals surface area contributed by atoms with E-state index in [0.717, 1.165) is 43.2 Å². The molecule has 1 unspecified atom stereocenters. The number of hydrogen-bond acceptors (Lipinski definition) is 4. The summed E-state index contributed by atoms with van der Waals surface area (Å²) in [7, 11) is 1.79. The van der Waals surface area contributed by atoms with Crippen LogP contribution < -0.4 is 5.32 Å². The second-order valence-corrected chi connectivity index (χ2v) is 6.91. The topological polar surface area (TPSA) is 74.5 Å². The van der Waals surface area contributed by atoms with E-state index in [2.05, 4.69) is 20.2 Å². The largest absolute Gasteiger partial charge is 0.368 e. The van der Waals surface area contributed by atoms with Crippen molar-refractivity contribution in [1.29, 1.82) is 0 Å². The summed E-state index contributed by atoms with van der Waals surface area (Å²) in [5.74, 6) is 0.982. The molecule has 28 heavy (non-hydrogen) atoms. The van der Waals surface area contributed by atoms with Crippen molar-refractivity contribution in [2.45, 2.75) is 25.5 Å². The number of guanidine groups is 1. The Bertz CT molecular complexity index is 792. The number of imidazole rings is 1. The van der Waals surface area contributed by atoms with Gasteiger partial charge in [0.15, 0.2) is 5.96 Å². The van der Waals surface area contributed by atoms with E-state index in [1.165, 1.54) is 0 Å². The summed E-state index contributed by atoms with van der Waals surface area (Å²) in [6.45, 7) is 4.26. The first-order chi connectivity index (χ1) is 13.2. The Morgan fingerprint density at radius 3 is 2.75 bits per heavy atom. The van der Waals surface area contributed by atoms with E-state index >= 15 is 0 Å². The maximum Gasteiger partial charge on any atom is 0.251 e. The molecule has 9 heteroatoms. The zero-order valence-corrected chi connectivity index (χ0v) is 18.4. The van der Waals surface area contributed by atoms with Gasteiger partial charge in [0.2, 0.25) is 0 Å². The third kappa shape index (κ3) is 4.57. The summed E-state index contributed by atoms with van der Waals surface area (Å²) >= 11 is 0. The molecule has 0 aromatic carbocycles. The van der Waals surface area contributed by atoms with Crippen LogP contribution in [0, 0.1) is 0 Å². The molecule has 0 aliphatic carbocycles. The van der Waals surface area contributed by atoms with Crippen LogP contribution in [0.25, 0.3) is 5.65 Å². The van der Waals surface area contributed by atoms with E-state index in [1.807, 2.05) is 39.9 Å². The van der Waals surface area contributed by atoms with Gasteiger partial charge in [-0.2, -0.15) is 0 Å². The average molecular weight is 498 g/mol. The molecule has 2 aromatic rings. The fraction of sp³-hybridized carbons (Fsp3) is 0.526. The highest BCUT2D eigenvalue weighted by atomic mass is 127. The predicted octanol–water partition coefficient (Wildman–Crippen LogP) is 1.35. The number of carbonyl (C=O) groups is 1. The minimum Gasteiger partial charge on any atom is -0.368 e. The number of fused-ring (bicyclic) bond motifs is 1. The molecular formula is C19H27IN6O2. The third-order valence-corrected chi connectivity index (χ3v) is 5.15. The molecule has 4 heterocycles. The Kier molecular flexibility index (Phi) is 7.11. The minimum absolute atomic E-state index is 0. The van der Waals surface area contributed by atoms with Gasteiger partial charge in [0.25, 0.3) is 5.91 Å². The van der Waals surface area contributed by atoms with Crippen LogP contribution in [0.4, 0.5) is 0 Å². The molecule has 2 fully saturated rings. The number of pyridine rings is 1. The van der Waals surface area contributed by atoms with E-state index < -0.39 is 0 Å². The molecule has 8 nitrogen and oxygen atoms in total. The first kappa shape index (κ1) is 20.8. The lowest BCUT2D eigenvalue weighted by molar-refractivity contribution is -0.142. The lowest BCUT2D eigenvalue weighted by atomic mass is 10.2. The molecule has 2 saturated heterocycles. The van der Waals surface area contributed by atoms with Crippen molar-refractivity contribution in [2.75, 3.05) is 39.8 Å². The molecule has 2 aromatic heterocycles. The summed E-state index contributed by atoms with van der Waals surface area (Å²) < 4.78 is 7.54. The Balaban J connectivity index is 0.00000225. The number of amides is 1. The smallest absolute Gasteiger partial charge is 0.251 e. The lowest BCUT2D eigenvalue weighted by Crippen LogP contribution is -2.55. The van der Waals surface area contributed by atoms with Crippen LogP contribution in [0.5, 0.6) is 0 Å². The molecule has 1 N–H and O–H groups in total. The van der Waals surface area contributed by atoms with Crippen LogP contribution in [-0.4, -0.2) is 77.0 Å². The number of rotatable bonds is 3. The fourth-order valence-electron chi connectivity index (χ4n) is 3.69. The quantitative estimate of drug-likeness (QED) is 0.393. The van der Waals surface area contributed by atoms with Crippen molar-refractivity contribution in [1.82, 2.24) is 24.5 Å². The Morgan fingerprint density at radius 1 is 1.29 bits per heavy atom. The van der Waals surface area contributed by atoms with E-state index in [1.54, 1.807) is 7.05 Å². The van der Waals surface area contributed by atoms with Crippen LogP contribution in [0.3, 0.4) is 0 Å². The number of nitrogens with one attached hydrogen (secondary N) is 1. The van der Waals surface area contributed by atoms with Crippen molar-refractivity contribution in [2.24, 2.45) is 4.99 Å². The number of halogens is 1. The average Bonchev–Trinajstić information content (AvgIpc) is 3.38. The first-order valence-electron chi connectivity index (χ1n) is 9.53. The van der Waals surface area contributed by atoms with E-state index in [9.17, 15) is 4.79 Å². The van der Waals surface area contributed by atoms with Gasteiger partial charge in [-0.3, -0.25) is 9.79 Å². The second kappa shape index (κ2) is 9.55. The van der Waals surface area contributed by atoms with Gasteiger partial charge in [-0.1, -0.05) is 6.07 Å². The van der Waals surface area contributed by atoms with Gasteiger partial charge < -0.3 is 24.3 Å². The molecule has 0 bridgehead atoms. The van der Waals surface area contributed by atoms with Crippen LogP contribution in [0.1, 0.15) is 18.5 Å². The summed E-state index contributed by atoms with van der Waals surface area (Å²) in [5.41, 5.74) is 1.90. The molecule has 2 aliphatic rings. The van der Waals surface area contributed by atoms with Gasteiger partial charge in [-0.25, -0.2) is 4.98 Å². The van der Waals surface area contributed by atoms with Crippen LogP contribution in [0.2, 0.25) is 0 Å². The Morgan fingerprint density at radius 2 is 2.07 bits per heavy atom. The van der Waals surface area contributed by atoms with Gasteiger partial charge in [-0.15, -0.1) is 24.0 Å². The minimum atomic E-state index is -0.232. The number of ether oxygens (including phenoxy) is 1. The van der Waals surface area contributed by atoms with Crippen molar-refractivity contribution in [3.8, 4) is 0 Å². The number of hydrogen-bond donors (Lipinski definition) is 1. The summed E-state index contributed by atoms with van der Waals surface area (Å²) in [6, 6.07) is 5.96. The fourth-order valence-corrected chi connectivity index (χ4v) is 3.69. The molecule has 4 rings (SSSR count). The highest BCUT2D eigenvalue weighted by molar-refractivity contribution is 14.0. The number of nitrogens with zero attached hydrogens (tertiary/aromatic N) is 5. The summed E-state index contributed by atoms with van der Waals surface area (Å²) in [5, 5.41) is 3.39. The predicted molar refractivity (Wildman–Crippen MR) is 118 cm³/mol. The second-order valence-electron chi connectivity index (χ2n) is 6.91. The molecule has 2 aliphatic heterocycles. The molecule has 0 saturated carbocycles. The SMILES string of the molecule is CN=C(NCc1cn2ccccc2n1)N1CCN(C(=O)C2CCCO2)CC1.I. The van der Waals surface area contributed by atoms with Crippen molar-refractivity contribution in [3.63, 3.8) is 0 Å². The zero-order valence-electron chi connectivity index (χ0n) is 16.1. The number of piperazine rings is 1.